The first-order chi connectivity index (χ1) is 4.72. The lowest BCUT2D eigenvalue weighted by atomic mass is 9.89. The second-order valence-electron chi connectivity index (χ2n) is 3.70. The molecule has 0 amide bonds. The molecule has 0 aromatic carbocycles. The van der Waals surface area contributed by atoms with E-state index in [0.717, 1.165) is 12.5 Å². The van der Waals surface area contributed by atoms with Gasteiger partial charge in [0.2, 0.25) is 0 Å². The van der Waals surface area contributed by atoms with Gasteiger partial charge in [0, 0.05) is 6.61 Å². The molecule has 1 rings (SSSR count). The third kappa shape index (κ3) is 1.72. The van der Waals surface area contributed by atoms with Crippen molar-refractivity contribution in [2.45, 2.75) is 39.7 Å². The van der Waals surface area contributed by atoms with Gasteiger partial charge in [0.05, 0.1) is 6.10 Å². The molecule has 2 unspecified atom stereocenters. The minimum Gasteiger partial charge on any atom is -0.378 e. The Hall–Kier alpha value is -0.0400. The maximum Gasteiger partial charge on any atom is 0.0623 e. The predicted molar refractivity (Wildman–Crippen MR) is 43.0 cm³/mol. The van der Waals surface area contributed by atoms with Crippen LogP contribution in [-0.4, -0.2) is 12.7 Å². The molecule has 0 bridgehead atoms. The zero-order chi connectivity index (χ0) is 7.56. The van der Waals surface area contributed by atoms with Crippen molar-refractivity contribution in [3.05, 3.63) is 0 Å². The molecular weight excluding hydrogens is 124 g/mol. The summed E-state index contributed by atoms with van der Waals surface area (Å²) in [6.07, 6.45) is 3.13. The van der Waals surface area contributed by atoms with Crippen LogP contribution < -0.4 is 0 Å². The van der Waals surface area contributed by atoms with Crippen LogP contribution in [-0.2, 0) is 4.74 Å². The number of ether oxygens (including phenoxy) is 1. The maximum atomic E-state index is 5.65. The quantitative estimate of drug-likeness (QED) is 0.546. The van der Waals surface area contributed by atoms with E-state index in [1.807, 2.05) is 0 Å². The zero-order valence-electron chi connectivity index (χ0n) is 7.26. The highest BCUT2D eigenvalue weighted by Gasteiger charge is 2.24. The standard InChI is InChI=1S/C9H18O/c1-7(2)9-8(3)5-4-6-10-9/h7-9H,4-6H2,1-3H3. The van der Waals surface area contributed by atoms with E-state index in [2.05, 4.69) is 20.8 Å². The molecule has 1 aliphatic heterocycles. The summed E-state index contributed by atoms with van der Waals surface area (Å²) < 4.78 is 5.65. The Morgan fingerprint density at radius 1 is 1.40 bits per heavy atom. The first-order valence-corrected chi connectivity index (χ1v) is 4.33. The highest BCUT2D eigenvalue weighted by molar-refractivity contribution is 4.73. The molecule has 0 radical (unpaired) electrons. The van der Waals surface area contributed by atoms with Gasteiger partial charge in [-0.25, -0.2) is 0 Å². The summed E-state index contributed by atoms with van der Waals surface area (Å²) in [7, 11) is 0. The second-order valence-corrected chi connectivity index (χ2v) is 3.70. The molecule has 2 atom stereocenters. The van der Waals surface area contributed by atoms with Gasteiger partial charge in [-0.3, -0.25) is 0 Å². The Balaban J connectivity index is 2.40. The zero-order valence-corrected chi connectivity index (χ0v) is 7.26. The molecule has 1 aliphatic rings. The average Bonchev–Trinajstić information content (AvgIpc) is 1.88. The van der Waals surface area contributed by atoms with Gasteiger partial charge in [-0.15, -0.1) is 0 Å². The lowest BCUT2D eigenvalue weighted by Gasteiger charge is -2.31. The Bertz CT molecular complexity index is 98.9. The van der Waals surface area contributed by atoms with Crippen LogP contribution in [0.3, 0.4) is 0 Å². The smallest absolute Gasteiger partial charge is 0.0623 e. The van der Waals surface area contributed by atoms with Crippen LogP contribution in [0.1, 0.15) is 33.6 Å². The van der Waals surface area contributed by atoms with Crippen LogP contribution in [0.25, 0.3) is 0 Å². The van der Waals surface area contributed by atoms with Crippen molar-refractivity contribution < 1.29 is 4.74 Å². The van der Waals surface area contributed by atoms with Gasteiger partial charge in [-0.05, 0) is 24.7 Å². The third-order valence-corrected chi connectivity index (χ3v) is 2.33. The van der Waals surface area contributed by atoms with Crippen LogP contribution in [0.4, 0.5) is 0 Å². The Kier molecular flexibility index (Phi) is 2.72. The molecule has 0 aromatic rings. The molecule has 1 saturated heterocycles. The Labute approximate surface area is 63.8 Å². The van der Waals surface area contributed by atoms with Crippen LogP contribution in [0.15, 0.2) is 0 Å². The summed E-state index contributed by atoms with van der Waals surface area (Å²) in [5, 5.41) is 0. The van der Waals surface area contributed by atoms with E-state index in [-0.39, 0.29) is 0 Å². The molecule has 0 saturated carbocycles. The fraction of sp³-hybridized carbons (Fsp3) is 1.00. The second kappa shape index (κ2) is 3.38. The molecule has 1 nitrogen and oxygen atoms in total. The average molecular weight is 142 g/mol. The van der Waals surface area contributed by atoms with E-state index in [1.165, 1.54) is 12.8 Å². The Morgan fingerprint density at radius 3 is 2.50 bits per heavy atom. The maximum absolute atomic E-state index is 5.65. The summed E-state index contributed by atoms with van der Waals surface area (Å²) in [5.41, 5.74) is 0. The molecule has 0 aromatic heterocycles. The molecule has 0 spiro atoms. The van der Waals surface area contributed by atoms with E-state index in [0.29, 0.717) is 12.0 Å². The van der Waals surface area contributed by atoms with Gasteiger partial charge >= 0.3 is 0 Å². The molecule has 1 fully saturated rings. The Morgan fingerprint density at radius 2 is 2.10 bits per heavy atom. The summed E-state index contributed by atoms with van der Waals surface area (Å²) in [4.78, 5) is 0. The molecule has 60 valence electrons. The van der Waals surface area contributed by atoms with Crippen molar-refractivity contribution in [1.29, 1.82) is 0 Å². The summed E-state index contributed by atoms with van der Waals surface area (Å²) in [6, 6.07) is 0. The normalized spacial score (nSPS) is 34.8. The lowest BCUT2D eigenvalue weighted by Crippen LogP contribution is -2.31. The van der Waals surface area contributed by atoms with Gasteiger partial charge in [0.1, 0.15) is 0 Å². The van der Waals surface area contributed by atoms with Crippen molar-refractivity contribution in [2.75, 3.05) is 6.61 Å². The third-order valence-electron chi connectivity index (χ3n) is 2.33. The van der Waals surface area contributed by atoms with E-state index in [4.69, 9.17) is 4.74 Å². The largest absolute Gasteiger partial charge is 0.378 e. The van der Waals surface area contributed by atoms with Crippen molar-refractivity contribution in [3.8, 4) is 0 Å². The van der Waals surface area contributed by atoms with Crippen molar-refractivity contribution >= 4 is 0 Å². The molecular formula is C9H18O. The minimum absolute atomic E-state index is 0.522. The topological polar surface area (TPSA) is 9.23 Å². The van der Waals surface area contributed by atoms with E-state index in [1.54, 1.807) is 0 Å². The van der Waals surface area contributed by atoms with Crippen LogP contribution in [0.5, 0.6) is 0 Å². The number of hydrogen-bond donors (Lipinski definition) is 0. The molecule has 10 heavy (non-hydrogen) atoms. The van der Waals surface area contributed by atoms with Gasteiger partial charge in [-0.2, -0.15) is 0 Å². The predicted octanol–water partition coefficient (Wildman–Crippen LogP) is 2.46. The summed E-state index contributed by atoms with van der Waals surface area (Å²) >= 11 is 0. The van der Waals surface area contributed by atoms with Crippen molar-refractivity contribution in [2.24, 2.45) is 11.8 Å². The minimum atomic E-state index is 0.522. The fourth-order valence-corrected chi connectivity index (χ4v) is 1.80. The molecule has 0 aliphatic carbocycles. The lowest BCUT2D eigenvalue weighted by molar-refractivity contribution is -0.0464. The summed E-state index contributed by atoms with van der Waals surface area (Å²) in [5.74, 6) is 1.46. The first kappa shape index (κ1) is 8.06. The highest BCUT2D eigenvalue weighted by atomic mass is 16.5. The monoisotopic (exact) mass is 142 g/mol. The van der Waals surface area contributed by atoms with Gasteiger partial charge in [0.15, 0.2) is 0 Å². The van der Waals surface area contributed by atoms with Gasteiger partial charge < -0.3 is 4.74 Å². The highest BCUT2D eigenvalue weighted by Crippen LogP contribution is 2.25. The molecule has 1 heteroatoms. The first-order valence-electron chi connectivity index (χ1n) is 4.33. The number of hydrogen-bond acceptors (Lipinski definition) is 1. The number of rotatable bonds is 1. The van der Waals surface area contributed by atoms with Gasteiger partial charge in [-0.1, -0.05) is 20.8 Å². The van der Waals surface area contributed by atoms with Crippen LogP contribution in [0, 0.1) is 11.8 Å². The summed E-state index contributed by atoms with van der Waals surface area (Å²) in [6.45, 7) is 7.76. The van der Waals surface area contributed by atoms with E-state index in [9.17, 15) is 0 Å². The van der Waals surface area contributed by atoms with Crippen molar-refractivity contribution in [1.82, 2.24) is 0 Å². The van der Waals surface area contributed by atoms with Crippen molar-refractivity contribution in [3.63, 3.8) is 0 Å². The fourth-order valence-electron chi connectivity index (χ4n) is 1.80. The van der Waals surface area contributed by atoms with Gasteiger partial charge in [0.25, 0.3) is 0 Å². The van der Waals surface area contributed by atoms with E-state index < -0.39 is 0 Å². The van der Waals surface area contributed by atoms with Crippen LogP contribution >= 0.6 is 0 Å². The molecule has 1 heterocycles. The molecule has 0 N–H and O–H groups in total. The van der Waals surface area contributed by atoms with E-state index >= 15 is 0 Å². The van der Waals surface area contributed by atoms with Crippen LogP contribution in [0.2, 0.25) is 0 Å². The SMILES string of the molecule is CC(C)C1OCCCC1C.